The summed E-state index contributed by atoms with van der Waals surface area (Å²) in [5.74, 6) is -0.332. The summed E-state index contributed by atoms with van der Waals surface area (Å²) in [7, 11) is 0. The van der Waals surface area contributed by atoms with Crippen LogP contribution in [-0.2, 0) is 13.1 Å². The molecule has 96 valence electrons. The van der Waals surface area contributed by atoms with E-state index in [1.165, 1.54) is 12.1 Å². The molecule has 0 radical (unpaired) electrons. The molecule has 0 bridgehead atoms. The number of aryl methyl sites for hydroxylation is 1. The van der Waals surface area contributed by atoms with Gasteiger partial charge in [0.1, 0.15) is 5.82 Å². The van der Waals surface area contributed by atoms with E-state index in [2.05, 4.69) is 17.3 Å². The number of hydrogen-bond acceptors (Lipinski definition) is 2. The maximum atomic E-state index is 12.9. The number of hydrogen-bond donors (Lipinski definition) is 1. The number of benzene rings is 1. The van der Waals surface area contributed by atoms with Gasteiger partial charge in [-0.05, 0) is 30.7 Å². The lowest BCUT2D eigenvalue weighted by molar-refractivity contribution is 0.578. The number of aromatic nitrogens is 2. The Morgan fingerprint density at radius 3 is 2.94 bits per heavy atom. The first-order valence-electron chi connectivity index (χ1n) is 5.90. The van der Waals surface area contributed by atoms with Crippen LogP contribution in [0.1, 0.15) is 19.0 Å². The summed E-state index contributed by atoms with van der Waals surface area (Å²) in [6.45, 7) is 3.61. The highest BCUT2D eigenvalue weighted by Crippen LogP contribution is 2.22. The van der Waals surface area contributed by atoms with E-state index in [9.17, 15) is 4.39 Å². The first-order chi connectivity index (χ1) is 8.70. The average Bonchev–Trinajstić information content (AvgIpc) is 2.76. The molecule has 1 heterocycles. The van der Waals surface area contributed by atoms with Crippen LogP contribution in [0.15, 0.2) is 30.5 Å². The van der Waals surface area contributed by atoms with Crippen molar-refractivity contribution >= 4 is 17.3 Å². The van der Waals surface area contributed by atoms with Gasteiger partial charge in [-0.2, -0.15) is 5.10 Å². The van der Waals surface area contributed by atoms with Crippen molar-refractivity contribution in [1.82, 2.24) is 9.78 Å². The highest BCUT2D eigenvalue weighted by Gasteiger charge is 2.04. The van der Waals surface area contributed by atoms with Crippen LogP contribution in [0.2, 0.25) is 5.02 Å². The normalized spacial score (nSPS) is 10.6. The Balaban J connectivity index is 2.04. The van der Waals surface area contributed by atoms with E-state index < -0.39 is 0 Å². The summed E-state index contributed by atoms with van der Waals surface area (Å²) < 4.78 is 14.8. The van der Waals surface area contributed by atoms with Crippen LogP contribution < -0.4 is 5.32 Å². The van der Waals surface area contributed by atoms with Crippen molar-refractivity contribution in [3.63, 3.8) is 0 Å². The molecule has 0 spiro atoms. The van der Waals surface area contributed by atoms with Crippen LogP contribution in [0.5, 0.6) is 0 Å². The topological polar surface area (TPSA) is 29.9 Å². The molecule has 5 heteroatoms. The van der Waals surface area contributed by atoms with Gasteiger partial charge in [0, 0.05) is 12.7 Å². The van der Waals surface area contributed by atoms with Crippen molar-refractivity contribution in [1.29, 1.82) is 0 Å². The second kappa shape index (κ2) is 5.87. The SMILES string of the molecule is CCCn1nccc1CNc1ccc(F)cc1Cl. The van der Waals surface area contributed by atoms with Gasteiger partial charge >= 0.3 is 0 Å². The summed E-state index contributed by atoms with van der Waals surface area (Å²) in [6.07, 6.45) is 2.81. The molecule has 1 aromatic carbocycles. The molecule has 1 N–H and O–H groups in total. The molecule has 0 amide bonds. The van der Waals surface area contributed by atoms with Crippen LogP contribution in [0.3, 0.4) is 0 Å². The van der Waals surface area contributed by atoms with Crippen LogP contribution in [0.4, 0.5) is 10.1 Å². The van der Waals surface area contributed by atoms with E-state index in [0.29, 0.717) is 11.6 Å². The Kier molecular flexibility index (Phi) is 4.20. The monoisotopic (exact) mass is 267 g/mol. The molecule has 0 aliphatic heterocycles. The fourth-order valence-corrected chi connectivity index (χ4v) is 1.98. The Morgan fingerprint density at radius 2 is 2.22 bits per heavy atom. The van der Waals surface area contributed by atoms with Crippen molar-refractivity contribution in [2.75, 3.05) is 5.32 Å². The minimum Gasteiger partial charge on any atom is -0.378 e. The van der Waals surface area contributed by atoms with E-state index in [1.54, 1.807) is 12.3 Å². The summed E-state index contributed by atoms with van der Waals surface area (Å²) in [5, 5.41) is 7.81. The second-order valence-electron chi connectivity index (χ2n) is 4.02. The lowest BCUT2D eigenvalue weighted by Gasteiger charge is -2.10. The number of rotatable bonds is 5. The zero-order chi connectivity index (χ0) is 13.0. The molecule has 1 aromatic heterocycles. The van der Waals surface area contributed by atoms with Crippen LogP contribution in [0.25, 0.3) is 0 Å². The van der Waals surface area contributed by atoms with Gasteiger partial charge in [0.25, 0.3) is 0 Å². The zero-order valence-corrected chi connectivity index (χ0v) is 10.9. The first kappa shape index (κ1) is 12.9. The number of nitrogens with one attached hydrogen (secondary N) is 1. The Morgan fingerprint density at radius 1 is 1.39 bits per heavy atom. The van der Waals surface area contributed by atoms with Gasteiger partial charge in [0.2, 0.25) is 0 Å². The molecular weight excluding hydrogens is 253 g/mol. The molecular formula is C13H15ClFN3. The Labute approximate surface area is 111 Å². The molecule has 18 heavy (non-hydrogen) atoms. The predicted molar refractivity (Wildman–Crippen MR) is 71.3 cm³/mol. The van der Waals surface area contributed by atoms with Crippen molar-refractivity contribution in [2.24, 2.45) is 0 Å². The summed E-state index contributed by atoms with van der Waals surface area (Å²) in [6, 6.07) is 6.28. The first-order valence-corrected chi connectivity index (χ1v) is 6.28. The van der Waals surface area contributed by atoms with E-state index >= 15 is 0 Å². The smallest absolute Gasteiger partial charge is 0.124 e. The minimum absolute atomic E-state index is 0.332. The Hall–Kier alpha value is -1.55. The molecule has 0 saturated heterocycles. The fourth-order valence-electron chi connectivity index (χ4n) is 1.74. The standard InChI is InChI=1S/C13H15ClFN3/c1-2-7-18-11(5-6-17-18)9-16-13-4-3-10(15)8-12(13)14/h3-6,8,16H,2,7,9H2,1H3. The molecule has 2 rings (SSSR count). The number of anilines is 1. The molecule has 2 aromatic rings. The highest BCUT2D eigenvalue weighted by molar-refractivity contribution is 6.33. The largest absolute Gasteiger partial charge is 0.378 e. The molecule has 0 aliphatic rings. The van der Waals surface area contributed by atoms with Crippen molar-refractivity contribution in [3.05, 3.63) is 47.0 Å². The highest BCUT2D eigenvalue weighted by atomic mass is 35.5. The van der Waals surface area contributed by atoms with E-state index in [4.69, 9.17) is 11.6 Å². The average molecular weight is 268 g/mol. The van der Waals surface area contributed by atoms with Crippen molar-refractivity contribution in [3.8, 4) is 0 Å². The third-order valence-corrected chi connectivity index (χ3v) is 2.94. The van der Waals surface area contributed by atoms with Gasteiger partial charge in [0.05, 0.1) is 22.9 Å². The van der Waals surface area contributed by atoms with Gasteiger partial charge in [-0.25, -0.2) is 4.39 Å². The third kappa shape index (κ3) is 3.01. The number of nitrogens with zero attached hydrogens (tertiary/aromatic N) is 2. The van der Waals surface area contributed by atoms with Gasteiger partial charge in [-0.1, -0.05) is 18.5 Å². The van der Waals surface area contributed by atoms with Gasteiger partial charge in [-0.15, -0.1) is 0 Å². The minimum atomic E-state index is -0.332. The Bertz CT molecular complexity index is 525. The van der Waals surface area contributed by atoms with Gasteiger partial charge in [-0.3, -0.25) is 4.68 Å². The maximum Gasteiger partial charge on any atom is 0.124 e. The lowest BCUT2D eigenvalue weighted by Crippen LogP contribution is -2.09. The van der Waals surface area contributed by atoms with Crippen molar-refractivity contribution < 1.29 is 4.39 Å². The van der Waals surface area contributed by atoms with Gasteiger partial charge < -0.3 is 5.32 Å². The zero-order valence-electron chi connectivity index (χ0n) is 10.2. The van der Waals surface area contributed by atoms with Crippen LogP contribution in [0, 0.1) is 5.82 Å². The van der Waals surface area contributed by atoms with Crippen LogP contribution in [-0.4, -0.2) is 9.78 Å². The third-order valence-electron chi connectivity index (χ3n) is 2.63. The van der Waals surface area contributed by atoms with Crippen molar-refractivity contribution in [2.45, 2.75) is 26.4 Å². The van der Waals surface area contributed by atoms with Crippen LogP contribution >= 0.6 is 11.6 Å². The van der Waals surface area contributed by atoms with E-state index in [-0.39, 0.29) is 5.82 Å². The quantitative estimate of drug-likeness (QED) is 0.895. The van der Waals surface area contributed by atoms with E-state index in [0.717, 1.165) is 24.3 Å². The predicted octanol–water partition coefficient (Wildman–Crippen LogP) is 3.70. The lowest BCUT2D eigenvalue weighted by atomic mass is 10.3. The maximum absolute atomic E-state index is 12.9. The molecule has 0 fully saturated rings. The molecule has 0 saturated carbocycles. The summed E-state index contributed by atoms with van der Waals surface area (Å²) in [4.78, 5) is 0. The van der Waals surface area contributed by atoms with Gasteiger partial charge in [0.15, 0.2) is 0 Å². The van der Waals surface area contributed by atoms with E-state index in [1.807, 2.05) is 10.7 Å². The summed E-state index contributed by atoms with van der Waals surface area (Å²) in [5.41, 5.74) is 1.81. The molecule has 0 unspecified atom stereocenters. The fraction of sp³-hybridized carbons (Fsp3) is 0.308. The number of halogens is 2. The summed E-state index contributed by atoms with van der Waals surface area (Å²) >= 11 is 5.95. The molecule has 0 aliphatic carbocycles. The molecule has 0 atom stereocenters. The second-order valence-corrected chi connectivity index (χ2v) is 4.43. The molecule has 3 nitrogen and oxygen atoms in total.